The molecule has 0 aliphatic rings. The minimum atomic E-state index is -0.290. The largest absolute Gasteiger partial charge is 0.478 e. The van der Waals surface area contributed by atoms with Crippen LogP contribution in [0.5, 0.6) is 5.88 Å². The molecular weight excluding hydrogens is 450 g/mol. The quantitative estimate of drug-likeness (QED) is 0.370. The normalized spacial score (nSPS) is 12.0. The van der Waals surface area contributed by atoms with E-state index in [0.29, 0.717) is 23.2 Å². The van der Waals surface area contributed by atoms with Crippen LogP contribution in [0.25, 0.3) is 22.2 Å². The van der Waals surface area contributed by atoms with Crippen molar-refractivity contribution in [2.24, 2.45) is 7.05 Å². The summed E-state index contributed by atoms with van der Waals surface area (Å²) in [5.41, 5.74) is 3.85. The Balaban J connectivity index is 1.68. The minimum absolute atomic E-state index is 0.113. The molecule has 3 heterocycles. The van der Waals surface area contributed by atoms with Crippen LogP contribution in [0.15, 0.2) is 42.9 Å². The van der Waals surface area contributed by atoms with E-state index in [4.69, 9.17) is 4.74 Å². The van der Waals surface area contributed by atoms with Crippen LogP contribution in [0.3, 0.4) is 0 Å². The van der Waals surface area contributed by atoms with E-state index < -0.39 is 0 Å². The Kier molecular flexibility index (Phi) is 5.40. The van der Waals surface area contributed by atoms with E-state index in [1.165, 1.54) is 0 Å². The highest BCUT2D eigenvalue weighted by Crippen LogP contribution is 2.32. The Bertz CT molecular complexity index is 1220. The summed E-state index contributed by atoms with van der Waals surface area (Å²) in [4.78, 5) is 24.0. The maximum absolute atomic E-state index is 12.1. The first kappa shape index (κ1) is 19.9. The van der Waals surface area contributed by atoms with Crippen molar-refractivity contribution in [2.45, 2.75) is 11.8 Å². The number of halogens is 1. The van der Waals surface area contributed by atoms with Crippen molar-refractivity contribution < 1.29 is 9.53 Å². The summed E-state index contributed by atoms with van der Waals surface area (Å²) < 4.78 is 6.91. The number of para-hydroxylation sites is 1. The molecule has 1 amide bonds. The zero-order valence-electron chi connectivity index (χ0n) is 16.6. The van der Waals surface area contributed by atoms with Crippen LogP contribution in [-0.4, -0.2) is 42.6 Å². The third-order valence-electron chi connectivity index (χ3n) is 4.50. The number of amides is 1. The third kappa shape index (κ3) is 3.86. The van der Waals surface area contributed by atoms with Crippen LogP contribution in [0, 0.1) is 0 Å². The van der Waals surface area contributed by atoms with Gasteiger partial charge in [0, 0.05) is 30.4 Å². The van der Waals surface area contributed by atoms with Gasteiger partial charge in [0.25, 0.3) is 5.88 Å². The second-order valence-electron chi connectivity index (χ2n) is 6.65. The third-order valence-corrected chi connectivity index (χ3v) is 4.92. The van der Waals surface area contributed by atoms with Crippen LogP contribution < -0.4 is 15.4 Å². The number of carbonyl (C=O) groups is 1. The number of hydrogen-bond donors (Lipinski definition) is 3. The molecule has 0 bridgehead atoms. The Morgan fingerprint density at radius 3 is 2.90 bits per heavy atom. The zero-order chi connectivity index (χ0) is 21.3. The summed E-state index contributed by atoms with van der Waals surface area (Å²) in [7, 11) is 3.37. The van der Waals surface area contributed by atoms with Gasteiger partial charge in [-0.2, -0.15) is 0 Å². The van der Waals surface area contributed by atoms with E-state index in [1.807, 2.05) is 37.5 Å². The number of aromatic nitrogens is 5. The second-order valence-corrected chi connectivity index (χ2v) is 8.03. The molecule has 0 spiro atoms. The molecule has 1 atom stereocenters. The van der Waals surface area contributed by atoms with Crippen molar-refractivity contribution in [1.82, 2.24) is 24.7 Å². The lowest BCUT2D eigenvalue weighted by atomic mass is 10.1. The van der Waals surface area contributed by atoms with Gasteiger partial charge in [0.2, 0.25) is 11.9 Å². The van der Waals surface area contributed by atoms with Gasteiger partial charge in [0.05, 0.1) is 35.0 Å². The van der Waals surface area contributed by atoms with E-state index in [0.717, 1.165) is 22.2 Å². The Morgan fingerprint density at radius 2 is 2.13 bits per heavy atom. The average Bonchev–Trinajstić information content (AvgIpc) is 3.31. The minimum Gasteiger partial charge on any atom is -0.478 e. The van der Waals surface area contributed by atoms with E-state index in [-0.39, 0.29) is 10.7 Å². The van der Waals surface area contributed by atoms with Gasteiger partial charge in [-0.25, -0.2) is 9.97 Å². The number of aryl methyl sites for hydroxylation is 1. The number of alkyl halides is 1. The van der Waals surface area contributed by atoms with Crippen LogP contribution in [0.1, 0.15) is 6.92 Å². The number of aromatic amines is 1. The molecule has 0 saturated heterocycles. The summed E-state index contributed by atoms with van der Waals surface area (Å²) >= 11 is 3.29. The highest BCUT2D eigenvalue weighted by molar-refractivity contribution is 9.10. The summed E-state index contributed by atoms with van der Waals surface area (Å²) in [5, 5.41) is 11.2. The summed E-state index contributed by atoms with van der Waals surface area (Å²) in [5.74, 6) is 0.767. The SMILES string of the molecule is COc1nn(C)cc1Nc1nccc(-c2c[nH]c3c(NC(=O)[C@H](C)Br)cccc23)n1. The van der Waals surface area contributed by atoms with E-state index in [9.17, 15) is 4.79 Å². The predicted molar refractivity (Wildman–Crippen MR) is 119 cm³/mol. The van der Waals surface area contributed by atoms with Crippen LogP contribution >= 0.6 is 15.9 Å². The van der Waals surface area contributed by atoms with Gasteiger partial charge in [0.1, 0.15) is 5.69 Å². The van der Waals surface area contributed by atoms with Gasteiger partial charge in [0.15, 0.2) is 0 Å². The zero-order valence-corrected chi connectivity index (χ0v) is 18.2. The molecule has 3 aromatic heterocycles. The number of anilines is 3. The van der Waals surface area contributed by atoms with E-state index >= 15 is 0 Å². The standard InChI is InChI=1S/C20H20BrN7O2/c1-11(21)18(29)24-15-6-4-5-12-13(9-23-17(12)15)14-7-8-22-20(25-14)26-16-10-28(2)27-19(16)30-3/h4-11,23H,1-3H3,(H,24,29)(H,22,25,26)/t11-/m0/s1. The van der Waals surface area contributed by atoms with Crippen molar-refractivity contribution in [3.63, 3.8) is 0 Å². The number of hydrogen-bond acceptors (Lipinski definition) is 6. The molecule has 0 radical (unpaired) electrons. The van der Waals surface area contributed by atoms with Crippen molar-refractivity contribution >= 4 is 50.1 Å². The summed E-state index contributed by atoms with van der Waals surface area (Å²) in [6.45, 7) is 1.78. The lowest BCUT2D eigenvalue weighted by molar-refractivity contribution is -0.115. The van der Waals surface area contributed by atoms with Crippen molar-refractivity contribution in [2.75, 3.05) is 17.7 Å². The fourth-order valence-electron chi connectivity index (χ4n) is 3.10. The van der Waals surface area contributed by atoms with Crippen molar-refractivity contribution in [3.05, 3.63) is 42.9 Å². The number of rotatable bonds is 6. The Morgan fingerprint density at radius 1 is 1.30 bits per heavy atom. The smallest absolute Gasteiger partial charge is 0.256 e. The molecule has 4 rings (SSSR count). The molecule has 0 fully saturated rings. The highest BCUT2D eigenvalue weighted by Gasteiger charge is 2.15. The van der Waals surface area contributed by atoms with Crippen LogP contribution in [-0.2, 0) is 11.8 Å². The number of methoxy groups -OCH3 is 1. The summed E-state index contributed by atoms with van der Waals surface area (Å²) in [6.07, 6.45) is 5.35. The van der Waals surface area contributed by atoms with E-state index in [2.05, 4.69) is 46.6 Å². The Labute approximate surface area is 181 Å². The maximum atomic E-state index is 12.1. The number of benzene rings is 1. The molecule has 0 aliphatic heterocycles. The average molecular weight is 470 g/mol. The summed E-state index contributed by atoms with van der Waals surface area (Å²) in [6, 6.07) is 7.57. The molecule has 9 nitrogen and oxygen atoms in total. The van der Waals surface area contributed by atoms with Gasteiger partial charge >= 0.3 is 0 Å². The first-order chi connectivity index (χ1) is 14.5. The molecule has 0 aliphatic carbocycles. The number of nitrogens with one attached hydrogen (secondary N) is 3. The predicted octanol–water partition coefficient (Wildman–Crippen LogP) is 3.83. The lowest BCUT2D eigenvalue weighted by Crippen LogP contribution is -2.19. The van der Waals surface area contributed by atoms with Gasteiger partial charge < -0.3 is 20.4 Å². The molecule has 4 aromatic rings. The lowest BCUT2D eigenvalue weighted by Gasteiger charge is -2.08. The molecular formula is C20H20BrN7O2. The first-order valence-corrected chi connectivity index (χ1v) is 10.1. The number of ether oxygens (including phenoxy) is 1. The van der Waals surface area contributed by atoms with E-state index in [1.54, 1.807) is 31.1 Å². The van der Waals surface area contributed by atoms with Gasteiger partial charge in [-0.1, -0.05) is 28.1 Å². The fourth-order valence-corrected chi connectivity index (χ4v) is 3.21. The van der Waals surface area contributed by atoms with Gasteiger partial charge in [-0.05, 0) is 19.1 Å². The Hall–Kier alpha value is -3.40. The molecule has 0 unspecified atom stereocenters. The van der Waals surface area contributed by atoms with Crippen LogP contribution in [0.4, 0.5) is 17.3 Å². The molecule has 0 saturated carbocycles. The van der Waals surface area contributed by atoms with Gasteiger partial charge in [-0.3, -0.25) is 9.48 Å². The fraction of sp³-hybridized carbons (Fsp3) is 0.200. The maximum Gasteiger partial charge on any atom is 0.256 e. The molecule has 154 valence electrons. The van der Waals surface area contributed by atoms with Crippen LogP contribution in [0.2, 0.25) is 0 Å². The number of H-pyrrole nitrogens is 1. The monoisotopic (exact) mass is 469 g/mol. The molecule has 10 heteroatoms. The second kappa shape index (κ2) is 8.15. The molecule has 3 N–H and O–H groups in total. The highest BCUT2D eigenvalue weighted by atomic mass is 79.9. The van der Waals surface area contributed by atoms with Crippen molar-refractivity contribution in [3.8, 4) is 17.1 Å². The van der Waals surface area contributed by atoms with Crippen molar-refractivity contribution in [1.29, 1.82) is 0 Å². The van der Waals surface area contributed by atoms with Gasteiger partial charge in [-0.15, -0.1) is 5.10 Å². The number of fused-ring (bicyclic) bond motifs is 1. The number of nitrogens with zero attached hydrogens (tertiary/aromatic N) is 4. The molecule has 30 heavy (non-hydrogen) atoms. The molecule has 1 aromatic carbocycles. The topological polar surface area (TPSA) is 110 Å². The number of carbonyl (C=O) groups excluding carboxylic acids is 1. The first-order valence-electron chi connectivity index (χ1n) is 9.19.